The molecule has 1 amide bonds. The predicted molar refractivity (Wildman–Crippen MR) is 62.1 cm³/mol. The van der Waals surface area contributed by atoms with E-state index in [1.165, 1.54) is 18.2 Å². The van der Waals surface area contributed by atoms with Crippen LogP contribution in [0.3, 0.4) is 0 Å². The number of carbonyl (C=O) groups excluding carboxylic acids is 1. The largest absolute Gasteiger partial charge is 0.396 e. The second-order valence-corrected chi connectivity index (χ2v) is 3.63. The van der Waals surface area contributed by atoms with E-state index in [4.69, 9.17) is 16.7 Å². The first-order chi connectivity index (χ1) is 8.07. The Balaban J connectivity index is 2.95. The Labute approximate surface area is 102 Å². The van der Waals surface area contributed by atoms with Gasteiger partial charge in [0.15, 0.2) is 0 Å². The highest BCUT2D eigenvalue weighted by molar-refractivity contribution is 6.34. The Kier molecular flexibility index (Phi) is 4.86. The van der Waals surface area contributed by atoms with Crippen molar-refractivity contribution >= 4 is 23.2 Å². The molecule has 0 radical (unpaired) electrons. The zero-order valence-corrected chi connectivity index (χ0v) is 9.61. The lowest BCUT2D eigenvalue weighted by molar-refractivity contribution is -0.385. The molecule has 0 aliphatic rings. The number of rotatable bonds is 5. The molecule has 17 heavy (non-hydrogen) atoms. The van der Waals surface area contributed by atoms with Crippen molar-refractivity contribution < 1.29 is 14.8 Å². The molecule has 0 aromatic heterocycles. The van der Waals surface area contributed by atoms with Gasteiger partial charge in [-0.15, -0.1) is 0 Å². The number of carbonyl (C=O) groups is 1. The van der Waals surface area contributed by atoms with E-state index in [1.54, 1.807) is 0 Å². The van der Waals surface area contributed by atoms with Crippen LogP contribution in [0, 0.1) is 10.1 Å². The topological polar surface area (TPSA) is 92.5 Å². The third kappa shape index (κ3) is 3.40. The van der Waals surface area contributed by atoms with Gasteiger partial charge in [0.25, 0.3) is 11.6 Å². The number of amides is 1. The summed E-state index contributed by atoms with van der Waals surface area (Å²) in [6.45, 7) is 0.169. The zero-order chi connectivity index (χ0) is 12.8. The molecule has 0 unspecified atom stereocenters. The molecular weight excluding hydrogens is 248 g/mol. The zero-order valence-electron chi connectivity index (χ0n) is 8.85. The Morgan fingerprint density at radius 3 is 2.82 bits per heavy atom. The maximum Gasteiger partial charge on any atom is 0.283 e. The molecule has 1 aromatic carbocycles. The molecule has 0 atom stereocenters. The summed E-state index contributed by atoms with van der Waals surface area (Å²) < 4.78 is 0. The summed E-state index contributed by atoms with van der Waals surface area (Å²) in [5.41, 5.74) is -0.490. The smallest absolute Gasteiger partial charge is 0.283 e. The lowest BCUT2D eigenvalue weighted by Crippen LogP contribution is -2.26. The van der Waals surface area contributed by atoms with Gasteiger partial charge in [0.1, 0.15) is 5.56 Å². The molecule has 0 bridgehead atoms. The number of hydrogen-bond acceptors (Lipinski definition) is 4. The summed E-state index contributed by atoms with van der Waals surface area (Å²) in [5.74, 6) is -0.615. The molecule has 1 rings (SSSR count). The molecule has 92 valence electrons. The number of nitrogens with zero attached hydrogens (tertiary/aromatic N) is 1. The second-order valence-electron chi connectivity index (χ2n) is 3.22. The number of nitro benzene ring substituents is 1. The Morgan fingerprint density at radius 2 is 2.24 bits per heavy atom. The van der Waals surface area contributed by atoms with Crippen molar-refractivity contribution in [2.24, 2.45) is 0 Å². The molecule has 0 heterocycles. The van der Waals surface area contributed by atoms with Crippen molar-refractivity contribution in [3.8, 4) is 0 Å². The molecule has 0 saturated carbocycles. The molecule has 0 aliphatic carbocycles. The first-order valence-corrected chi connectivity index (χ1v) is 5.27. The van der Waals surface area contributed by atoms with Crippen LogP contribution in [-0.4, -0.2) is 29.1 Å². The Hall–Kier alpha value is -1.66. The minimum absolute atomic E-state index is 0.0284. The van der Waals surface area contributed by atoms with Crippen molar-refractivity contribution in [3.63, 3.8) is 0 Å². The first-order valence-electron chi connectivity index (χ1n) is 4.90. The highest BCUT2D eigenvalue weighted by atomic mass is 35.5. The molecule has 0 spiro atoms. The second kappa shape index (κ2) is 6.17. The number of aliphatic hydroxyl groups is 1. The Bertz CT molecular complexity index is 436. The normalized spacial score (nSPS) is 10.0. The highest BCUT2D eigenvalue weighted by Crippen LogP contribution is 2.25. The van der Waals surface area contributed by atoms with Gasteiger partial charge >= 0.3 is 0 Å². The number of hydrogen-bond donors (Lipinski definition) is 2. The van der Waals surface area contributed by atoms with Crippen molar-refractivity contribution in [1.29, 1.82) is 0 Å². The number of aliphatic hydroxyl groups excluding tert-OH is 1. The summed E-state index contributed by atoms with van der Waals surface area (Å²) in [6.07, 6.45) is 0.379. The van der Waals surface area contributed by atoms with E-state index in [9.17, 15) is 14.9 Å². The van der Waals surface area contributed by atoms with Gasteiger partial charge in [0.2, 0.25) is 0 Å². The fraction of sp³-hybridized carbons (Fsp3) is 0.300. The molecule has 1 aromatic rings. The van der Waals surface area contributed by atoms with E-state index in [2.05, 4.69) is 5.32 Å². The van der Waals surface area contributed by atoms with Gasteiger partial charge in [0.05, 0.1) is 9.95 Å². The first kappa shape index (κ1) is 13.4. The molecule has 7 heteroatoms. The van der Waals surface area contributed by atoms with Crippen molar-refractivity contribution in [2.75, 3.05) is 13.2 Å². The molecule has 0 aliphatic heterocycles. The van der Waals surface area contributed by atoms with Gasteiger partial charge in [-0.05, 0) is 12.5 Å². The van der Waals surface area contributed by atoms with Gasteiger partial charge in [-0.1, -0.05) is 17.7 Å². The van der Waals surface area contributed by atoms with E-state index >= 15 is 0 Å². The number of halogens is 1. The lowest BCUT2D eigenvalue weighted by Gasteiger charge is -2.06. The van der Waals surface area contributed by atoms with Gasteiger partial charge in [-0.3, -0.25) is 14.9 Å². The van der Waals surface area contributed by atoms with Crippen LogP contribution in [-0.2, 0) is 0 Å². The van der Waals surface area contributed by atoms with Crippen LogP contribution in [0.5, 0.6) is 0 Å². The predicted octanol–water partition coefficient (Wildman–Crippen LogP) is 1.36. The monoisotopic (exact) mass is 258 g/mol. The van der Waals surface area contributed by atoms with Crippen LogP contribution in [0.15, 0.2) is 18.2 Å². The molecule has 2 N–H and O–H groups in total. The summed E-state index contributed by atoms with van der Waals surface area (Å²) >= 11 is 5.77. The van der Waals surface area contributed by atoms with E-state index in [0.29, 0.717) is 6.42 Å². The van der Waals surface area contributed by atoms with Gasteiger partial charge < -0.3 is 10.4 Å². The third-order valence-electron chi connectivity index (χ3n) is 2.04. The number of benzene rings is 1. The summed E-state index contributed by atoms with van der Waals surface area (Å²) in [4.78, 5) is 21.8. The van der Waals surface area contributed by atoms with Crippen LogP contribution < -0.4 is 5.32 Å². The maximum absolute atomic E-state index is 11.7. The van der Waals surface area contributed by atoms with E-state index in [0.717, 1.165) is 0 Å². The van der Waals surface area contributed by atoms with Crippen molar-refractivity contribution in [3.05, 3.63) is 38.9 Å². The van der Waals surface area contributed by atoms with E-state index in [-0.39, 0.29) is 29.4 Å². The highest BCUT2D eigenvalue weighted by Gasteiger charge is 2.22. The minimum atomic E-state index is -0.660. The fourth-order valence-corrected chi connectivity index (χ4v) is 1.51. The number of nitrogens with one attached hydrogen (secondary N) is 1. The van der Waals surface area contributed by atoms with Crippen molar-refractivity contribution in [2.45, 2.75) is 6.42 Å². The molecular formula is C10H11ClN2O4. The lowest BCUT2D eigenvalue weighted by atomic mass is 10.1. The third-order valence-corrected chi connectivity index (χ3v) is 2.35. The van der Waals surface area contributed by atoms with Gasteiger partial charge in [-0.25, -0.2) is 0 Å². The minimum Gasteiger partial charge on any atom is -0.396 e. The van der Waals surface area contributed by atoms with Crippen LogP contribution in [0.1, 0.15) is 16.8 Å². The molecule has 6 nitrogen and oxygen atoms in total. The van der Waals surface area contributed by atoms with Crippen LogP contribution in [0.4, 0.5) is 5.69 Å². The quantitative estimate of drug-likeness (QED) is 0.474. The maximum atomic E-state index is 11.7. The number of nitro groups is 1. The van der Waals surface area contributed by atoms with Gasteiger partial charge in [0, 0.05) is 19.2 Å². The molecule has 0 saturated heterocycles. The summed E-state index contributed by atoms with van der Waals surface area (Å²) in [7, 11) is 0. The van der Waals surface area contributed by atoms with Gasteiger partial charge in [-0.2, -0.15) is 0 Å². The fourth-order valence-electron chi connectivity index (χ4n) is 1.26. The van der Waals surface area contributed by atoms with E-state index in [1.807, 2.05) is 0 Å². The van der Waals surface area contributed by atoms with Crippen LogP contribution >= 0.6 is 11.6 Å². The average Bonchev–Trinajstić information content (AvgIpc) is 2.28. The SMILES string of the molecule is O=C(NCCCO)c1c(Cl)cccc1[N+](=O)[O-]. The Morgan fingerprint density at radius 1 is 1.53 bits per heavy atom. The van der Waals surface area contributed by atoms with E-state index < -0.39 is 10.8 Å². The van der Waals surface area contributed by atoms with Crippen LogP contribution in [0.25, 0.3) is 0 Å². The molecule has 0 fully saturated rings. The summed E-state index contributed by atoms with van der Waals surface area (Å²) in [6, 6.07) is 4.04. The van der Waals surface area contributed by atoms with Crippen LogP contribution in [0.2, 0.25) is 5.02 Å². The standard InChI is InChI=1S/C10H11ClN2O4/c11-7-3-1-4-8(13(16)17)9(7)10(15)12-5-2-6-14/h1,3-4,14H,2,5-6H2,(H,12,15). The average molecular weight is 259 g/mol. The summed E-state index contributed by atoms with van der Waals surface area (Å²) in [5, 5.41) is 21.8. The van der Waals surface area contributed by atoms with Crippen molar-refractivity contribution in [1.82, 2.24) is 5.32 Å².